The molecule has 0 radical (unpaired) electrons. The fourth-order valence-electron chi connectivity index (χ4n) is 2.14. The topological polar surface area (TPSA) is 56.2 Å². The molecular formula is C10H13NO2. The van der Waals surface area contributed by atoms with Crippen LogP contribution in [0.1, 0.15) is 47.5 Å². The Morgan fingerprint density at radius 3 is 2.77 bits per heavy atom. The molecule has 0 amide bonds. The van der Waals surface area contributed by atoms with Gasteiger partial charge in [0.25, 0.3) is 0 Å². The molecule has 0 bridgehead atoms. The number of furan rings is 1. The van der Waals surface area contributed by atoms with E-state index >= 15 is 0 Å². The Bertz CT molecular complexity index is 311. The van der Waals surface area contributed by atoms with Gasteiger partial charge in [0.15, 0.2) is 12.2 Å². The van der Waals surface area contributed by atoms with Crippen molar-refractivity contribution in [3.05, 3.63) is 17.4 Å². The highest BCUT2D eigenvalue weighted by molar-refractivity contribution is 5.79. The van der Waals surface area contributed by atoms with Crippen molar-refractivity contribution in [1.29, 1.82) is 0 Å². The zero-order valence-corrected chi connectivity index (χ0v) is 7.45. The van der Waals surface area contributed by atoms with E-state index in [1.54, 1.807) is 0 Å². The highest BCUT2D eigenvalue weighted by atomic mass is 16.3. The minimum atomic E-state index is 0.425. The quantitative estimate of drug-likeness (QED) is 0.709. The van der Waals surface area contributed by atoms with E-state index in [2.05, 4.69) is 0 Å². The monoisotopic (exact) mass is 179 g/mol. The summed E-state index contributed by atoms with van der Waals surface area (Å²) in [7, 11) is 0. The van der Waals surface area contributed by atoms with Gasteiger partial charge in [0.2, 0.25) is 0 Å². The van der Waals surface area contributed by atoms with Crippen molar-refractivity contribution in [2.45, 2.75) is 31.6 Å². The summed E-state index contributed by atoms with van der Waals surface area (Å²) in [5.41, 5.74) is 7.24. The molecule has 13 heavy (non-hydrogen) atoms. The van der Waals surface area contributed by atoms with Gasteiger partial charge in [-0.1, -0.05) is 12.8 Å². The maximum atomic E-state index is 10.7. The van der Waals surface area contributed by atoms with E-state index in [1.807, 2.05) is 0 Å². The Morgan fingerprint density at radius 2 is 2.15 bits per heavy atom. The van der Waals surface area contributed by atoms with Gasteiger partial charge in [-0.3, -0.25) is 4.79 Å². The van der Waals surface area contributed by atoms with Crippen LogP contribution in [0.15, 0.2) is 10.7 Å². The van der Waals surface area contributed by atoms with Crippen LogP contribution in [0.25, 0.3) is 0 Å². The van der Waals surface area contributed by atoms with Crippen LogP contribution in [0.2, 0.25) is 0 Å². The maximum absolute atomic E-state index is 10.7. The van der Waals surface area contributed by atoms with Gasteiger partial charge in [0, 0.05) is 5.56 Å². The SMILES string of the molecule is Nc1occ(C=O)c1C1CCCC1. The summed E-state index contributed by atoms with van der Waals surface area (Å²) in [6, 6.07) is 0. The molecule has 0 saturated heterocycles. The largest absolute Gasteiger partial charge is 0.448 e. The Labute approximate surface area is 76.9 Å². The molecule has 0 spiro atoms. The van der Waals surface area contributed by atoms with Crippen LogP contribution in [0.5, 0.6) is 0 Å². The fourth-order valence-corrected chi connectivity index (χ4v) is 2.14. The first-order valence-electron chi connectivity index (χ1n) is 4.65. The number of nitrogen functional groups attached to an aromatic ring is 1. The third-order valence-electron chi connectivity index (χ3n) is 2.78. The van der Waals surface area contributed by atoms with E-state index in [0.717, 1.165) is 24.7 Å². The standard InChI is InChI=1S/C10H13NO2/c11-10-9(7-3-1-2-4-7)8(5-12)6-13-10/h5-7H,1-4,11H2. The molecule has 1 aliphatic rings. The summed E-state index contributed by atoms with van der Waals surface area (Å²) in [6.07, 6.45) is 7.00. The van der Waals surface area contributed by atoms with Gasteiger partial charge >= 0.3 is 0 Å². The zero-order chi connectivity index (χ0) is 9.26. The molecule has 3 nitrogen and oxygen atoms in total. The fraction of sp³-hybridized carbons (Fsp3) is 0.500. The minimum Gasteiger partial charge on any atom is -0.448 e. The van der Waals surface area contributed by atoms with Gasteiger partial charge in [0.1, 0.15) is 6.26 Å². The zero-order valence-electron chi connectivity index (χ0n) is 7.45. The van der Waals surface area contributed by atoms with Crippen LogP contribution in [0, 0.1) is 0 Å². The number of aldehydes is 1. The first kappa shape index (κ1) is 8.35. The number of anilines is 1. The van der Waals surface area contributed by atoms with Crippen molar-refractivity contribution in [2.75, 3.05) is 5.73 Å². The second-order valence-corrected chi connectivity index (χ2v) is 3.57. The summed E-state index contributed by atoms with van der Waals surface area (Å²) >= 11 is 0. The van der Waals surface area contributed by atoms with Gasteiger partial charge in [-0.05, 0) is 18.8 Å². The molecule has 1 aromatic rings. The average Bonchev–Trinajstić information content (AvgIpc) is 2.72. The number of carbonyl (C=O) groups is 1. The smallest absolute Gasteiger partial charge is 0.194 e. The summed E-state index contributed by atoms with van der Waals surface area (Å²) in [6.45, 7) is 0. The van der Waals surface area contributed by atoms with E-state index in [-0.39, 0.29) is 0 Å². The van der Waals surface area contributed by atoms with Crippen LogP contribution < -0.4 is 5.73 Å². The molecule has 1 fully saturated rings. The van der Waals surface area contributed by atoms with Crippen molar-refractivity contribution >= 4 is 12.2 Å². The second-order valence-electron chi connectivity index (χ2n) is 3.57. The summed E-state index contributed by atoms with van der Waals surface area (Å²) in [5, 5.41) is 0. The molecule has 0 aliphatic heterocycles. The lowest BCUT2D eigenvalue weighted by Gasteiger charge is -2.07. The molecular weight excluding hydrogens is 166 g/mol. The van der Waals surface area contributed by atoms with Crippen molar-refractivity contribution in [1.82, 2.24) is 0 Å². The van der Waals surface area contributed by atoms with Crippen molar-refractivity contribution in [2.24, 2.45) is 0 Å². The first-order valence-corrected chi connectivity index (χ1v) is 4.65. The molecule has 0 unspecified atom stereocenters. The van der Waals surface area contributed by atoms with Crippen LogP contribution in [0.3, 0.4) is 0 Å². The average molecular weight is 179 g/mol. The maximum Gasteiger partial charge on any atom is 0.194 e. The lowest BCUT2D eigenvalue weighted by atomic mass is 9.96. The van der Waals surface area contributed by atoms with Crippen molar-refractivity contribution in [3.8, 4) is 0 Å². The number of rotatable bonds is 2. The molecule has 2 N–H and O–H groups in total. The van der Waals surface area contributed by atoms with Crippen LogP contribution in [-0.2, 0) is 0 Å². The van der Waals surface area contributed by atoms with Crippen molar-refractivity contribution in [3.63, 3.8) is 0 Å². The molecule has 1 heterocycles. The molecule has 1 aromatic heterocycles. The number of nitrogens with two attached hydrogens (primary N) is 1. The number of hydrogen-bond donors (Lipinski definition) is 1. The minimum absolute atomic E-state index is 0.425. The molecule has 70 valence electrons. The Balaban J connectivity index is 2.35. The van der Waals surface area contributed by atoms with Gasteiger partial charge < -0.3 is 10.2 Å². The van der Waals surface area contributed by atoms with Crippen molar-refractivity contribution < 1.29 is 9.21 Å². The van der Waals surface area contributed by atoms with E-state index in [9.17, 15) is 4.79 Å². The molecule has 0 aromatic carbocycles. The van der Waals surface area contributed by atoms with Crippen LogP contribution in [-0.4, -0.2) is 6.29 Å². The molecule has 3 heteroatoms. The summed E-state index contributed by atoms with van der Waals surface area (Å²) < 4.78 is 5.05. The first-order chi connectivity index (χ1) is 6.33. The highest BCUT2D eigenvalue weighted by Crippen LogP contribution is 2.38. The van der Waals surface area contributed by atoms with Gasteiger partial charge in [0.05, 0.1) is 5.56 Å². The normalized spacial score (nSPS) is 17.8. The highest BCUT2D eigenvalue weighted by Gasteiger charge is 2.24. The lowest BCUT2D eigenvalue weighted by Crippen LogP contribution is -1.98. The molecule has 0 atom stereocenters. The summed E-state index contributed by atoms with van der Waals surface area (Å²) in [4.78, 5) is 10.7. The Morgan fingerprint density at radius 1 is 1.46 bits per heavy atom. The third kappa shape index (κ3) is 1.34. The van der Waals surface area contributed by atoms with Crippen LogP contribution in [0.4, 0.5) is 5.88 Å². The summed E-state index contributed by atoms with van der Waals surface area (Å²) in [5.74, 6) is 0.868. The predicted molar refractivity (Wildman–Crippen MR) is 49.7 cm³/mol. The third-order valence-corrected chi connectivity index (χ3v) is 2.78. The van der Waals surface area contributed by atoms with E-state index < -0.39 is 0 Å². The number of hydrogen-bond acceptors (Lipinski definition) is 3. The van der Waals surface area contributed by atoms with Gasteiger partial charge in [-0.2, -0.15) is 0 Å². The van der Waals surface area contributed by atoms with Gasteiger partial charge in [-0.15, -0.1) is 0 Å². The Hall–Kier alpha value is -1.25. The number of carbonyl (C=O) groups excluding carboxylic acids is 1. The molecule has 1 aliphatic carbocycles. The van der Waals surface area contributed by atoms with Gasteiger partial charge in [-0.25, -0.2) is 0 Å². The van der Waals surface area contributed by atoms with E-state index in [0.29, 0.717) is 17.4 Å². The van der Waals surface area contributed by atoms with E-state index in [1.165, 1.54) is 19.1 Å². The molecule has 2 rings (SSSR count). The second kappa shape index (κ2) is 3.24. The predicted octanol–water partition coefficient (Wildman–Crippen LogP) is 2.33. The lowest BCUT2D eigenvalue weighted by molar-refractivity contribution is 0.112. The Kier molecular flexibility index (Phi) is 2.08. The molecule has 1 saturated carbocycles. The van der Waals surface area contributed by atoms with E-state index in [4.69, 9.17) is 10.2 Å². The van der Waals surface area contributed by atoms with Crippen LogP contribution >= 0.6 is 0 Å².